The smallest absolute Gasteiger partial charge is 0.236 e. The van der Waals surface area contributed by atoms with Gasteiger partial charge in [-0.05, 0) is 25.7 Å². The Kier molecular flexibility index (Phi) is 6.15. The van der Waals surface area contributed by atoms with Gasteiger partial charge in [-0.2, -0.15) is 0 Å². The molecule has 106 valence electrons. The molecule has 0 saturated carbocycles. The number of carbonyl (C=O) groups is 1. The topological polar surface area (TPSA) is 78.9 Å². The highest BCUT2D eigenvalue weighted by atomic mass is 16.4. The zero-order valence-electron chi connectivity index (χ0n) is 12.4. The van der Waals surface area contributed by atoms with E-state index >= 15 is 0 Å². The average molecular weight is 257 g/mol. The van der Waals surface area contributed by atoms with Gasteiger partial charge in [0, 0.05) is 13.1 Å². The van der Waals surface area contributed by atoms with E-state index in [1.165, 1.54) is 0 Å². The fraction of sp³-hybridized carbons (Fsp3) is 0.846. The molecule has 1 amide bonds. The van der Waals surface area contributed by atoms with Gasteiger partial charge < -0.3 is 15.8 Å². The van der Waals surface area contributed by atoms with Crippen LogP contribution in [-0.2, 0) is 4.79 Å². The molecule has 0 aliphatic carbocycles. The molecule has 0 aromatic carbocycles. The van der Waals surface area contributed by atoms with E-state index in [9.17, 15) is 4.79 Å². The SMILES string of the molecule is CCC(CC)(C(=O)N(C)C(C)C(C)C)C(N)=NO. The molecule has 0 aromatic heterocycles. The molecule has 0 spiro atoms. The van der Waals surface area contributed by atoms with Gasteiger partial charge in [-0.1, -0.05) is 32.9 Å². The van der Waals surface area contributed by atoms with Gasteiger partial charge >= 0.3 is 0 Å². The number of oxime groups is 1. The van der Waals surface area contributed by atoms with E-state index in [1.807, 2.05) is 20.8 Å². The molecular weight excluding hydrogens is 230 g/mol. The second-order valence-electron chi connectivity index (χ2n) is 5.18. The number of hydrogen-bond donors (Lipinski definition) is 2. The van der Waals surface area contributed by atoms with Crippen LogP contribution in [0.3, 0.4) is 0 Å². The van der Waals surface area contributed by atoms with E-state index in [0.717, 1.165) is 0 Å². The Morgan fingerprint density at radius 3 is 2.06 bits per heavy atom. The molecule has 0 bridgehead atoms. The number of amidine groups is 1. The number of amides is 1. The number of carbonyl (C=O) groups excluding carboxylic acids is 1. The lowest BCUT2D eigenvalue weighted by atomic mass is 9.79. The second kappa shape index (κ2) is 6.61. The Morgan fingerprint density at radius 1 is 1.33 bits per heavy atom. The fourth-order valence-electron chi connectivity index (χ4n) is 2.09. The van der Waals surface area contributed by atoms with Crippen molar-refractivity contribution < 1.29 is 10.0 Å². The maximum absolute atomic E-state index is 12.6. The van der Waals surface area contributed by atoms with Gasteiger partial charge in [-0.3, -0.25) is 4.79 Å². The molecule has 0 fully saturated rings. The first-order valence-electron chi connectivity index (χ1n) is 6.53. The summed E-state index contributed by atoms with van der Waals surface area (Å²) in [5.74, 6) is 0.280. The molecule has 18 heavy (non-hydrogen) atoms. The van der Waals surface area contributed by atoms with Crippen LogP contribution in [0.5, 0.6) is 0 Å². The maximum atomic E-state index is 12.6. The van der Waals surface area contributed by atoms with Crippen LogP contribution in [0.15, 0.2) is 5.16 Å². The molecule has 0 saturated heterocycles. The summed E-state index contributed by atoms with van der Waals surface area (Å²) in [4.78, 5) is 14.3. The Hall–Kier alpha value is -1.26. The lowest BCUT2D eigenvalue weighted by Crippen LogP contribution is -2.52. The minimum Gasteiger partial charge on any atom is -0.409 e. The molecule has 3 N–H and O–H groups in total. The van der Waals surface area contributed by atoms with Crippen molar-refractivity contribution in [2.45, 2.75) is 53.5 Å². The summed E-state index contributed by atoms with van der Waals surface area (Å²) in [5, 5.41) is 12.0. The Labute approximate surface area is 110 Å². The van der Waals surface area contributed by atoms with Crippen molar-refractivity contribution in [3.8, 4) is 0 Å². The molecule has 1 unspecified atom stereocenters. The van der Waals surface area contributed by atoms with Crippen molar-refractivity contribution in [3.05, 3.63) is 0 Å². The van der Waals surface area contributed by atoms with Crippen molar-refractivity contribution in [2.75, 3.05) is 7.05 Å². The third-order valence-corrected chi connectivity index (χ3v) is 4.11. The molecule has 1 atom stereocenters. The number of nitrogens with two attached hydrogens (primary N) is 1. The highest BCUT2D eigenvalue weighted by molar-refractivity contribution is 6.06. The van der Waals surface area contributed by atoms with Gasteiger partial charge in [0.2, 0.25) is 5.91 Å². The Bertz CT molecular complexity index is 309. The minimum atomic E-state index is -0.896. The number of rotatable bonds is 6. The van der Waals surface area contributed by atoms with Crippen LogP contribution in [-0.4, -0.2) is 34.9 Å². The van der Waals surface area contributed by atoms with E-state index in [-0.39, 0.29) is 17.8 Å². The van der Waals surface area contributed by atoms with Gasteiger partial charge in [-0.15, -0.1) is 0 Å². The molecule has 0 aliphatic rings. The summed E-state index contributed by atoms with van der Waals surface area (Å²) < 4.78 is 0. The third kappa shape index (κ3) is 2.94. The third-order valence-electron chi connectivity index (χ3n) is 4.11. The number of nitrogens with zero attached hydrogens (tertiary/aromatic N) is 2. The first-order chi connectivity index (χ1) is 8.28. The molecule has 5 heteroatoms. The van der Waals surface area contributed by atoms with E-state index < -0.39 is 5.41 Å². The lowest BCUT2D eigenvalue weighted by molar-refractivity contribution is -0.140. The largest absolute Gasteiger partial charge is 0.409 e. The monoisotopic (exact) mass is 257 g/mol. The highest BCUT2D eigenvalue weighted by Crippen LogP contribution is 2.30. The van der Waals surface area contributed by atoms with Crippen LogP contribution < -0.4 is 5.73 Å². The van der Waals surface area contributed by atoms with Gasteiger partial charge in [0.05, 0.1) is 0 Å². The lowest BCUT2D eigenvalue weighted by Gasteiger charge is -2.37. The first-order valence-corrected chi connectivity index (χ1v) is 6.53. The standard InChI is InChI=1S/C13H27N3O2/c1-7-13(8-2,11(14)15-18)12(17)16(6)10(5)9(3)4/h9-10,18H,7-8H2,1-6H3,(H2,14,15). The van der Waals surface area contributed by atoms with E-state index in [0.29, 0.717) is 18.8 Å². The van der Waals surface area contributed by atoms with Gasteiger partial charge in [0.15, 0.2) is 5.84 Å². The van der Waals surface area contributed by atoms with Crippen LogP contribution in [0.2, 0.25) is 0 Å². The molecular formula is C13H27N3O2. The maximum Gasteiger partial charge on any atom is 0.236 e. The molecule has 5 nitrogen and oxygen atoms in total. The van der Waals surface area contributed by atoms with E-state index in [2.05, 4.69) is 19.0 Å². The van der Waals surface area contributed by atoms with Crippen LogP contribution in [0.4, 0.5) is 0 Å². The van der Waals surface area contributed by atoms with Crippen molar-refractivity contribution in [1.29, 1.82) is 0 Å². The summed E-state index contributed by atoms with van der Waals surface area (Å²) in [6, 6.07) is 0.112. The fourth-order valence-corrected chi connectivity index (χ4v) is 2.09. The van der Waals surface area contributed by atoms with Crippen LogP contribution in [0.25, 0.3) is 0 Å². The summed E-state index contributed by atoms with van der Waals surface area (Å²) in [6.45, 7) is 9.90. The zero-order valence-corrected chi connectivity index (χ0v) is 12.4. The van der Waals surface area contributed by atoms with Crippen LogP contribution in [0, 0.1) is 11.3 Å². The van der Waals surface area contributed by atoms with E-state index in [1.54, 1.807) is 11.9 Å². The van der Waals surface area contributed by atoms with Gasteiger partial charge in [-0.25, -0.2) is 0 Å². The average Bonchev–Trinajstić information content (AvgIpc) is 2.38. The molecule has 0 radical (unpaired) electrons. The second-order valence-corrected chi connectivity index (χ2v) is 5.18. The van der Waals surface area contributed by atoms with E-state index in [4.69, 9.17) is 10.9 Å². The molecule has 0 heterocycles. The normalized spacial score (nSPS) is 14.7. The quantitative estimate of drug-likeness (QED) is 0.331. The number of hydrogen-bond acceptors (Lipinski definition) is 3. The van der Waals surface area contributed by atoms with Crippen molar-refractivity contribution in [1.82, 2.24) is 4.90 Å². The van der Waals surface area contributed by atoms with Crippen molar-refractivity contribution in [2.24, 2.45) is 22.2 Å². The summed E-state index contributed by atoms with van der Waals surface area (Å²) >= 11 is 0. The van der Waals surface area contributed by atoms with Crippen molar-refractivity contribution >= 4 is 11.7 Å². The highest BCUT2D eigenvalue weighted by Gasteiger charge is 2.42. The molecule has 0 rings (SSSR count). The summed E-state index contributed by atoms with van der Waals surface area (Å²) in [6.07, 6.45) is 1.04. The first kappa shape index (κ1) is 16.7. The predicted molar refractivity (Wildman–Crippen MR) is 73.5 cm³/mol. The van der Waals surface area contributed by atoms with Crippen LogP contribution >= 0.6 is 0 Å². The Balaban J connectivity index is 5.34. The predicted octanol–water partition coefficient (Wildman–Crippen LogP) is 2.04. The van der Waals surface area contributed by atoms with Gasteiger partial charge in [0.1, 0.15) is 5.41 Å². The van der Waals surface area contributed by atoms with Crippen LogP contribution in [0.1, 0.15) is 47.5 Å². The van der Waals surface area contributed by atoms with Crippen molar-refractivity contribution in [3.63, 3.8) is 0 Å². The molecule has 0 aromatic rings. The summed E-state index contributed by atoms with van der Waals surface area (Å²) in [5.41, 5.74) is 4.84. The minimum absolute atomic E-state index is 0.000283. The summed E-state index contributed by atoms with van der Waals surface area (Å²) in [7, 11) is 1.78. The van der Waals surface area contributed by atoms with Gasteiger partial charge in [0.25, 0.3) is 0 Å². The molecule has 0 aliphatic heterocycles. The zero-order chi connectivity index (χ0) is 14.5. The Morgan fingerprint density at radius 2 is 1.78 bits per heavy atom.